The minimum Gasteiger partial charge on any atom is -0.376 e. The second-order valence-electron chi connectivity index (χ2n) is 5.47. The maximum Gasteiger partial charge on any atom is 0.261 e. The number of ether oxygens (including phenoxy) is 2. The molecule has 3 aromatic rings. The Morgan fingerprint density at radius 3 is 3.04 bits per heavy atom. The first-order valence-electron chi connectivity index (χ1n) is 7.75. The van der Waals surface area contributed by atoms with Crippen LogP contribution in [-0.4, -0.2) is 51.6 Å². The quantitative estimate of drug-likeness (QED) is 0.716. The second kappa shape index (κ2) is 6.46. The molecule has 4 rings (SSSR count). The Morgan fingerprint density at radius 1 is 1.32 bits per heavy atom. The fourth-order valence-electron chi connectivity index (χ4n) is 2.65. The summed E-state index contributed by atoms with van der Waals surface area (Å²) in [6.07, 6.45) is 2.10. The molecule has 1 saturated heterocycles. The summed E-state index contributed by atoms with van der Waals surface area (Å²) in [5.41, 5.74) is 1.27. The average molecular weight is 341 g/mol. The molecular weight excluding hydrogens is 326 g/mol. The maximum atomic E-state index is 12.4. The van der Waals surface area contributed by atoms with Gasteiger partial charge in [0.2, 0.25) is 0 Å². The first-order valence-corrected chi connectivity index (χ1v) is 7.75. The molecule has 0 aliphatic carbocycles. The van der Waals surface area contributed by atoms with Crippen molar-refractivity contribution >= 4 is 22.6 Å². The van der Waals surface area contributed by atoms with Gasteiger partial charge in [0.15, 0.2) is 11.8 Å². The van der Waals surface area contributed by atoms with Crippen molar-refractivity contribution in [2.75, 3.05) is 25.1 Å². The molecule has 9 heteroatoms. The molecule has 128 valence electrons. The predicted octanol–water partition coefficient (Wildman–Crippen LogP) is 0.463. The molecule has 2 N–H and O–H groups in total. The lowest BCUT2D eigenvalue weighted by atomic mass is 10.2. The molecule has 25 heavy (non-hydrogen) atoms. The number of nitrogens with zero attached hydrogens (tertiary/aromatic N) is 3. The Balaban J connectivity index is 1.70. The zero-order chi connectivity index (χ0) is 17.2. The molecule has 0 radical (unpaired) electrons. The molecular formula is C16H15N5O4. The van der Waals surface area contributed by atoms with E-state index in [-0.39, 0.29) is 18.1 Å². The zero-order valence-electron chi connectivity index (χ0n) is 13.1. The van der Waals surface area contributed by atoms with E-state index in [4.69, 9.17) is 9.47 Å². The average Bonchev–Trinajstić information content (AvgIpc) is 3.08. The van der Waals surface area contributed by atoms with Crippen LogP contribution in [0.5, 0.6) is 0 Å². The fourth-order valence-corrected chi connectivity index (χ4v) is 2.65. The number of para-hydroxylation sites is 2. The lowest BCUT2D eigenvalue weighted by Gasteiger charge is -2.22. The van der Waals surface area contributed by atoms with E-state index < -0.39 is 6.10 Å². The molecule has 1 unspecified atom stereocenters. The Morgan fingerprint density at radius 2 is 2.20 bits per heavy atom. The highest BCUT2D eigenvalue weighted by atomic mass is 16.6. The number of carbonyl (C=O) groups excluding carboxylic acids is 1. The highest BCUT2D eigenvalue weighted by Gasteiger charge is 2.23. The van der Waals surface area contributed by atoms with Crippen molar-refractivity contribution in [1.29, 1.82) is 0 Å². The Hall–Kier alpha value is -3.04. The van der Waals surface area contributed by atoms with Crippen LogP contribution in [0.4, 0.5) is 5.69 Å². The molecule has 1 atom stereocenters. The highest BCUT2D eigenvalue weighted by Crippen LogP contribution is 2.22. The first-order chi connectivity index (χ1) is 12.2. The number of fused-ring (bicyclic) bond motifs is 1. The number of hydrogen-bond donors (Lipinski definition) is 2. The van der Waals surface area contributed by atoms with Crippen LogP contribution >= 0.6 is 0 Å². The van der Waals surface area contributed by atoms with E-state index in [0.29, 0.717) is 35.6 Å². The van der Waals surface area contributed by atoms with Gasteiger partial charge in [-0.25, -0.2) is 9.67 Å². The van der Waals surface area contributed by atoms with Crippen LogP contribution < -0.4 is 10.9 Å². The molecule has 0 spiro atoms. The van der Waals surface area contributed by atoms with Gasteiger partial charge in [0.25, 0.3) is 11.5 Å². The standard InChI is InChI=1S/C16H15N5O4/c22-15-10-7-19-21(14(10)17-9-18-15)12-4-2-1-3-11(12)20-16(23)13-8-24-5-6-25-13/h1-4,7,9,13H,5-6,8H2,(H,20,23)(H,17,18,22). The maximum absolute atomic E-state index is 12.4. The van der Waals surface area contributed by atoms with Gasteiger partial charge in [-0.1, -0.05) is 12.1 Å². The van der Waals surface area contributed by atoms with Gasteiger partial charge in [-0.15, -0.1) is 0 Å². The van der Waals surface area contributed by atoms with Gasteiger partial charge in [0.1, 0.15) is 5.39 Å². The van der Waals surface area contributed by atoms with E-state index in [1.54, 1.807) is 18.2 Å². The molecule has 1 aromatic carbocycles. The number of aromatic amines is 1. The minimum atomic E-state index is -0.655. The molecule has 1 aliphatic heterocycles. The van der Waals surface area contributed by atoms with Crippen LogP contribution in [0.15, 0.2) is 41.6 Å². The van der Waals surface area contributed by atoms with E-state index in [9.17, 15) is 9.59 Å². The summed E-state index contributed by atoms with van der Waals surface area (Å²) < 4.78 is 12.2. The van der Waals surface area contributed by atoms with E-state index in [2.05, 4.69) is 20.4 Å². The molecule has 0 saturated carbocycles. The van der Waals surface area contributed by atoms with Crippen LogP contribution in [0.3, 0.4) is 0 Å². The normalized spacial score (nSPS) is 17.5. The number of anilines is 1. The predicted molar refractivity (Wildman–Crippen MR) is 88.7 cm³/mol. The minimum absolute atomic E-state index is 0.218. The van der Waals surface area contributed by atoms with Crippen molar-refractivity contribution in [3.8, 4) is 5.69 Å². The number of amides is 1. The third-order valence-corrected chi connectivity index (χ3v) is 3.87. The number of nitrogens with one attached hydrogen (secondary N) is 2. The summed E-state index contributed by atoms with van der Waals surface area (Å²) in [4.78, 5) is 30.9. The first kappa shape index (κ1) is 15.5. The third-order valence-electron chi connectivity index (χ3n) is 3.87. The van der Waals surface area contributed by atoms with E-state index in [1.807, 2.05) is 6.07 Å². The summed E-state index contributed by atoms with van der Waals surface area (Å²) >= 11 is 0. The summed E-state index contributed by atoms with van der Waals surface area (Å²) in [7, 11) is 0. The molecule has 3 heterocycles. The van der Waals surface area contributed by atoms with Crippen LogP contribution in [0.1, 0.15) is 0 Å². The summed E-state index contributed by atoms with van der Waals surface area (Å²) in [5, 5.41) is 7.43. The molecule has 2 aromatic heterocycles. The summed E-state index contributed by atoms with van der Waals surface area (Å²) in [5.74, 6) is -0.297. The molecule has 1 fully saturated rings. The van der Waals surface area contributed by atoms with Gasteiger partial charge in [-0.3, -0.25) is 9.59 Å². The topological polar surface area (TPSA) is 111 Å². The van der Waals surface area contributed by atoms with Crippen LogP contribution in [0.2, 0.25) is 0 Å². The smallest absolute Gasteiger partial charge is 0.261 e. The van der Waals surface area contributed by atoms with E-state index in [0.717, 1.165) is 0 Å². The number of rotatable bonds is 3. The summed E-state index contributed by atoms with van der Waals surface area (Å²) in [6, 6.07) is 7.13. The van der Waals surface area contributed by atoms with Crippen molar-refractivity contribution in [1.82, 2.24) is 19.7 Å². The lowest BCUT2D eigenvalue weighted by Crippen LogP contribution is -2.39. The van der Waals surface area contributed by atoms with Gasteiger partial charge < -0.3 is 19.8 Å². The molecule has 9 nitrogen and oxygen atoms in total. The monoisotopic (exact) mass is 341 g/mol. The second-order valence-corrected chi connectivity index (χ2v) is 5.47. The van der Waals surface area contributed by atoms with Crippen molar-refractivity contribution in [3.63, 3.8) is 0 Å². The number of benzene rings is 1. The van der Waals surface area contributed by atoms with Crippen LogP contribution in [0.25, 0.3) is 16.7 Å². The SMILES string of the molecule is O=C(Nc1ccccc1-n1ncc2c(=O)[nH]cnc21)C1COCCO1. The van der Waals surface area contributed by atoms with Gasteiger partial charge in [0.05, 0.1) is 43.7 Å². The fraction of sp³-hybridized carbons (Fsp3) is 0.250. The van der Waals surface area contributed by atoms with Crippen molar-refractivity contribution < 1.29 is 14.3 Å². The Bertz CT molecular complexity index is 974. The van der Waals surface area contributed by atoms with Crippen LogP contribution in [0, 0.1) is 0 Å². The Kier molecular flexibility index (Phi) is 4.00. The number of hydrogen-bond acceptors (Lipinski definition) is 6. The van der Waals surface area contributed by atoms with Gasteiger partial charge in [-0.05, 0) is 12.1 Å². The molecule has 0 bridgehead atoms. The third kappa shape index (κ3) is 2.90. The molecule has 1 aliphatic rings. The van der Waals surface area contributed by atoms with Crippen molar-refractivity contribution in [2.24, 2.45) is 0 Å². The van der Waals surface area contributed by atoms with Gasteiger partial charge in [-0.2, -0.15) is 5.10 Å². The number of carbonyl (C=O) groups is 1. The van der Waals surface area contributed by atoms with Gasteiger partial charge in [0, 0.05) is 0 Å². The van der Waals surface area contributed by atoms with E-state index >= 15 is 0 Å². The van der Waals surface area contributed by atoms with E-state index in [1.165, 1.54) is 17.2 Å². The number of aromatic nitrogens is 4. The Labute approximate surface area is 141 Å². The van der Waals surface area contributed by atoms with Gasteiger partial charge >= 0.3 is 0 Å². The van der Waals surface area contributed by atoms with Crippen LogP contribution in [-0.2, 0) is 14.3 Å². The van der Waals surface area contributed by atoms with Crippen molar-refractivity contribution in [2.45, 2.75) is 6.10 Å². The van der Waals surface area contributed by atoms with Crippen molar-refractivity contribution in [3.05, 3.63) is 47.1 Å². The number of H-pyrrole nitrogens is 1. The molecule has 1 amide bonds. The highest BCUT2D eigenvalue weighted by molar-refractivity contribution is 5.96. The lowest BCUT2D eigenvalue weighted by molar-refractivity contribution is -0.142. The summed E-state index contributed by atoms with van der Waals surface area (Å²) in [6.45, 7) is 1.09. The zero-order valence-corrected chi connectivity index (χ0v) is 13.1. The largest absolute Gasteiger partial charge is 0.376 e.